The number of amidine groups is 2. The van der Waals surface area contributed by atoms with Gasteiger partial charge in [-0.3, -0.25) is 10.2 Å². The maximum absolute atomic E-state index is 12.8. The molecule has 1 aromatic heterocycles. The molecule has 7 nitrogen and oxygen atoms in total. The lowest BCUT2D eigenvalue weighted by atomic mass is 10.1. The molecule has 0 saturated carbocycles. The number of rotatable bonds is 5. The minimum Gasteiger partial charge on any atom is -0.487 e. The maximum Gasteiger partial charge on any atom is 0.283 e. The van der Waals surface area contributed by atoms with Gasteiger partial charge in [0, 0.05) is 17.1 Å². The van der Waals surface area contributed by atoms with E-state index in [0.29, 0.717) is 10.2 Å². The van der Waals surface area contributed by atoms with Gasteiger partial charge in [-0.1, -0.05) is 36.4 Å². The average Bonchev–Trinajstić information content (AvgIpc) is 3.36. The van der Waals surface area contributed by atoms with Gasteiger partial charge in [-0.25, -0.2) is 0 Å². The molecule has 2 aliphatic rings. The van der Waals surface area contributed by atoms with Crippen LogP contribution < -0.4 is 4.74 Å². The van der Waals surface area contributed by atoms with E-state index in [0.717, 1.165) is 28.4 Å². The fourth-order valence-corrected chi connectivity index (χ4v) is 4.61. The summed E-state index contributed by atoms with van der Waals surface area (Å²) in [7, 11) is 0. The van der Waals surface area contributed by atoms with Crippen molar-refractivity contribution in [2.45, 2.75) is 13.8 Å². The van der Waals surface area contributed by atoms with E-state index < -0.39 is 5.91 Å². The Labute approximate surface area is 195 Å². The number of carbonyl (C=O) groups is 1. The monoisotopic (exact) mass is 455 g/mol. The second kappa shape index (κ2) is 8.55. The lowest BCUT2D eigenvalue weighted by Gasteiger charge is -2.20. The topological polar surface area (TPSA) is 83.0 Å². The number of aliphatic imine (C=N–C) groups is 1. The molecule has 164 valence electrons. The standard InChI is InChI=1S/C25H21N5O2S/c1-16-13-18(17(2)29(16)19-9-5-3-6-10-19)14-21-23(26)30-25(27-24(21)31)33-22(28-30)15-32-20-11-7-4-8-12-20/h3-14,26H,15H2,1-2H3/b21-14+,26-23?. The molecule has 33 heavy (non-hydrogen) atoms. The van der Waals surface area contributed by atoms with Crippen LogP contribution in [-0.2, 0) is 4.79 Å². The zero-order valence-electron chi connectivity index (χ0n) is 18.1. The van der Waals surface area contributed by atoms with Crippen molar-refractivity contribution in [1.29, 1.82) is 5.41 Å². The number of benzene rings is 2. The first-order valence-corrected chi connectivity index (χ1v) is 11.2. The predicted octanol–water partition coefficient (Wildman–Crippen LogP) is 4.79. The first-order valence-electron chi connectivity index (χ1n) is 10.4. The lowest BCUT2D eigenvalue weighted by Crippen LogP contribution is -2.35. The number of para-hydroxylation sites is 2. The van der Waals surface area contributed by atoms with Crippen molar-refractivity contribution in [3.05, 3.63) is 89.3 Å². The van der Waals surface area contributed by atoms with E-state index in [9.17, 15) is 4.79 Å². The van der Waals surface area contributed by atoms with Crippen LogP contribution in [0.1, 0.15) is 17.0 Å². The molecule has 0 fully saturated rings. The van der Waals surface area contributed by atoms with Gasteiger partial charge in [0.1, 0.15) is 17.4 Å². The number of thioether (sulfide) groups is 1. The second-order valence-electron chi connectivity index (χ2n) is 7.61. The number of hydrogen-bond donors (Lipinski definition) is 1. The first kappa shape index (κ1) is 21.0. The smallest absolute Gasteiger partial charge is 0.283 e. The molecule has 5 rings (SSSR count). The quantitative estimate of drug-likeness (QED) is 0.561. The highest BCUT2D eigenvalue weighted by atomic mass is 32.2. The number of nitrogens with one attached hydrogen (secondary N) is 1. The number of aryl methyl sites for hydroxylation is 1. The normalized spacial score (nSPS) is 16.7. The van der Waals surface area contributed by atoms with E-state index in [1.54, 1.807) is 6.08 Å². The van der Waals surface area contributed by atoms with Crippen LogP contribution in [0.25, 0.3) is 11.8 Å². The third kappa shape index (κ3) is 4.01. The molecule has 0 atom stereocenters. The van der Waals surface area contributed by atoms with Gasteiger partial charge in [0.2, 0.25) is 5.17 Å². The molecule has 3 aromatic rings. The van der Waals surface area contributed by atoms with E-state index in [1.807, 2.05) is 80.6 Å². The van der Waals surface area contributed by atoms with Crippen molar-refractivity contribution < 1.29 is 9.53 Å². The van der Waals surface area contributed by atoms with E-state index in [1.165, 1.54) is 16.8 Å². The number of carbonyl (C=O) groups excluding carboxylic acids is 1. The summed E-state index contributed by atoms with van der Waals surface area (Å²) in [6.07, 6.45) is 1.73. The SMILES string of the molecule is Cc1cc(/C=C2\C(=N)N3N=C(COc4ccccc4)SC3=NC2=O)c(C)n1-c1ccccc1. The number of ether oxygens (including phenoxy) is 1. The van der Waals surface area contributed by atoms with E-state index in [-0.39, 0.29) is 18.0 Å². The van der Waals surface area contributed by atoms with E-state index in [2.05, 4.69) is 14.7 Å². The van der Waals surface area contributed by atoms with Crippen molar-refractivity contribution in [3.8, 4) is 11.4 Å². The van der Waals surface area contributed by atoms with Crippen LogP contribution in [-0.4, -0.2) is 38.1 Å². The zero-order valence-corrected chi connectivity index (χ0v) is 19.0. The van der Waals surface area contributed by atoms with Crippen LogP contribution in [0.15, 0.2) is 82.4 Å². The molecule has 3 heterocycles. The minimum atomic E-state index is -0.441. The molecule has 0 bridgehead atoms. The fourth-order valence-electron chi connectivity index (χ4n) is 3.82. The number of hydrogen-bond acceptors (Lipinski definition) is 5. The molecule has 1 amide bonds. The highest BCUT2D eigenvalue weighted by Crippen LogP contribution is 2.30. The Kier molecular flexibility index (Phi) is 5.43. The summed E-state index contributed by atoms with van der Waals surface area (Å²) in [6, 6.07) is 21.5. The van der Waals surface area contributed by atoms with Gasteiger partial charge in [-0.2, -0.15) is 15.1 Å². The summed E-state index contributed by atoms with van der Waals surface area (Å²) in [5.41, 5.74) is 4.15. The van der Waals surface area contributed by atoms with Crippen molar-refractivity contribution in [1.82, 2.24) is 9.58 Å². The summed E-state index contributed by atoms with van der Waals surface area (Å²) in [6.45, 7) is 4.26. The number of fused-ring (bicyclic) bond motifs is 1. The summed E-state index contributed by atoms with van der Waals surface area (Å²) >= 11 is 1.24. The number of amides is 1. The van der Waals surface area contributed by atoms with Gasteiger partial charge in [-0.05, 0) is 67.6 Å². The highest BCUT2D eigenvalue weighted by molar-refractivity contribution is 8.27. The molecule has 0 unspecified atom stereocenters. The Hall–Kier alpha value is -3.91. The van der Waals surface area contributed by atoms with Gasteiger partial charge >= 0.3 is 0 Å². The minimum absolute atomic E-state index is 0.0109. The number of nitrogens with zero attached hydrogens (tertiary/aromatic N) is 4. The third-order valence-electron chi connectivity index (χ3n) is 5.39. The van der Waals surface area contributed by atoms with Crippen LogP contribution >= 0.6 is 11.8 Å². The highest BCUT2D eigenvalue weighted by Gasteiger charge is 2.36. The lowest BCUT2D eigenvalue weighted by molar-refractivity contribution is -0.114. The molecule has 0 spiro atoms. The average molecular weight is 456 g/mol. The van der Waals surface area contributed by atoms with E-state index >= 15 is 0 Å². The van der Waals surface area contributed by atoms with Crippen LogP contribution in [0.2, 0.25) is 0 Å². The van der Waals surface area contributed by atoms with Crippen molar-refractivity contribution in [2.24, 2.45) is 10.1 Å². The van der Waals surface area contributed by atoms with Crippen LogP contribution in [0, 0.1) is 19.3 Å². The van der Waals surface area contributed by atoms with Crippen LogP contribution in [0.4, 0.5) is 0 Å². The van der Waals surface area contributed by atoms with Crippen molar-refractivity contribution in [3.63, 3.8) is 0 Å². The Bertz CT molecular complexity index is 1340. The molecule has 8 heteroatoms. The summed E-state index contributed by atoms with van der Waals surface area (Å²) in [5.74, 6) is 0.300. The fraction of sp³-hybridized carbons (Fsp3) is 0.120. The number of hydrazone groups is 1. The van der Waals surface area contributed by atoms with Crippen molar-refractivity contribution >= 4 is 39.8 Å². The summed E-state index contributed by atoms with van der Waals surface area (Å²) < 4.78 is 7.87. The first-order chi connectivity index (χ1) is 16.0. The molecule has 0 aliphatic carbocycles. The summed E-state index contributed by atoms with van der Waals surface area (Å²) in [4.78, 5) is 17.0. The molecule has 0 radical (unpaired) electrons. The predicted molar refractivity (Wildman–Crippen MR) is 132 cm³/mol. The third-order valence-corrected chi connectivity index (χ3v) is 6.27. The maximum atomic E-state index is 12.8. The van der Waals surface area contributed by atoms with Gasteiger partial charge < -0.3 is 9.30 Å². The molecule has 1 N–H and O–H groups in total. The molecule has 2 aliphatic heterocycles. The van der Waals surface area contributed by atoms with Crippen LogP contribution in [0.5, 0.6) is 5.75 Å². The summed E-state index contributed by atoms with van der Waals surface area (Å²) in [5, 5.41) is 15.5. The van der Waals surface area contributed by atoms with E-state index in [4.69, 9.17) is 10.1 Å². The van der Waals surface area contributed by atoms with Crippen molar-refractivity contribution in [2.75, 3.05) is 6.61 Å². The second-order valence-corrected chi connectivity index (χ2v) is 8.65. The van der Waals surface area contributed by atoms with Gasteiger partial charge in [0.05, 0.1) is 5.57 Å². The molecule has 2 aromatic carbocycles. The Morgan fingerprint density at radius 1 is 1.06 bits per heavy atom. The largest absolute Gasteiger partial charge is 0.487 e. The van der Waals surface area contributed by atoms with Gasteiger partial charge in [0.25, 0.3) is 5.91 Å². The van der Waals surface area contributed by atoms with Gasteiger partial charge in [-0.15, -0.1) is 0 Å². The van der Waals surface area contributed by atoms with Gasteiger partial charge in [0.15, 0.2) is 5.84 Å². The molecular formula is C25H21N5O2S. The Morgan fingerprint density at radius 3 is 2.48 bits per heavy atom. The Morgan fingerprint density at radius 2 is 1.76 bits per heavy atom. The van der Waals surface area contributed by atoms with Crippen LogP contribution in [0.3, 0.4) is 0 Å². The molecular weight excluding hydrogens is 434 g/mol. The number of aromatic nitrogens is 1. The Balaban J connectivity index is 1.41. The zero-order chi connectivity index (χ0) is 22.9. The molecule has 0 saturated heterocycles.